The Morgan fingerprint density at radius 2 is 1.52 bits per heavy atom. The molecule has 0 aliphatic heterocycles. The van der Waals surface area contributed by atoms with Crippen molar-refractivity contribution < 1.29 is 38.2 Å². The topological polar surface area (TPSA) is 137 Å². The van der Waals surface area contributed by atoms with Gasteiger partial charge in [-0.1, -0.05) is 11.9 Å². The number of nitrogens with one attached hydrogen (secondary N) is 2. The molecule has 1 aromatic carbocycles. The van der Waals surface area contributed by atoms with Gasteiger partial charge in [0.2, 0.25) is 12.2 Å². The van der Waals surface area contributed by atoms with Crippen LogP contribution in [0.4, 0.5) is 11.4 Å². The van der Waals surface area contributed by atoms with Crippen LogP contribution in [0.25, 0.3) is 0 Å². The van der Waals surface area contributed by atoms with Crippen molar-refractivity contribution in [2.45, 2.75) is 52.6 Å². The molecule has 168 valence electrons. The van der Waals surface area contributed by atoms with Crippen LogP contribution in [0.5, 0.6) is 0 Å². The van der Waals surface area contributed by atoms with Gasteiger partial charge in [0.1, 0.15) is 7.85 Å². The molecule has 1 atom stereocenters. The summed E-state index contributed by atoms with van der Waals surface area (Å²) < 4.78 is 14.2. The molecule has 11 heteroatoms. The number of hydrogen-bond acceptors (Lipinski definition) is 8. The van der Waals surface area contributed by atoms with Crippen molar-refractivity contribution in [2.75, 3.05) is 17.2 Å². The van der Waals surface area contributed by atoms with E-state index in [4.69, 9.17) is 9.47 Å². The van der Waals surface area contributed by atoms with Crippen LogP contribution >= 0.6 is 0 Å². The Morgan fingerprint density at radius 3 is 2.06 bits per heavy atom. The lowest BCUT2D eigenvalue weighted by atomic mass is 9.96. The summed E-state index contributed by atoms with van der Waals surface area (Å²) in [5.41, 5.74) is 1.82. The van der Waals surface area contributed by atoms with Gasteiger partial charge in [0.15, 0.2) is 6.61 Å². The highest BCUT2D eigenvalue weighted by Crippen LogP contribution is 2.20. The molecule has 1 aromatic rings. The number of carbonyl (C=O) groups excluding carboxylic acids is 5. The standard InChI is InChI=1S/C20H27BN2O8/c1-12(24)29-11-19(27)23-17-8-15(10-21)7-16(9-17)22-18(26)5-4-6-20(28)31-14(3)30-13(2)25/h7-9,14H,4-6,10-11,21H2,1-3H3,(H,22,26)(H,23,27). The highest BCUT2D eigenvalue weighted by molar-refractivity contribution is 6.08. The van der Waals surface area contributed by atoms with E-state index in [2.05, 4.69) is 15.4 Å². The number of hydrogen-bond donors (Lipinski definition) is 2. The maximum Gasteiger partial charge on any atom is 0.308 e. The van der Waals surface area contributed by atoms with Gasteiger partial charge in [-0.15, -0.1) is 0 Å². The summed E-state index contributed by atoms with van der Waals surface area (Å²) in [6, 6.07) is 5.11. The van der Waals surface area contributed by atoms with Crippen molar-refractivity contribution in [3.05, 3.63) is 23.8 Å². The number of rotatable bonds is 11. The van der Waals surface area contributed by atoms with Gasteiger partial charge in [-0.25, -0.2) is 0 Å². The fraction of sp³-hybridized carbons (Fsp3) is 0.450. The van der Waals surface area contributed by atoms with Crippen molar-refractivity contribution in [3.8, 4) is 0 Å². The first-order valence-electron chi connectivity index (χ1n) is 9.82. The zero-order valence-electron chi connectivity index (χ0n) is 18.1. The van der Waals surface area contributed by atoms with Crippen LogP contribution < -0.4 is 10.6 Å². The molecule has 31 heavy (non-hydrogen) atoms. The highest BCUT2D eigenvalue weighted by atomic mass is 16.7. The molecule has 0 aliphatic rings. The van der Waals surface area contributed by atoms with E-state index in [0.29, 0.717) is 17.7 Å². The second kappa shape index (κ2) is 13.0. The molecule has 1 rings (SSSR count). The highest BCUT2D eigenvalue weighted by Gasteiger charge is 2.13. The quantitative estimate of drug-likeness (QED) is 0.298. The summed E-state index contributed by atoms with van der Waals surface area (Å²) >= 11 is 0. The lowest BCUT2D eigenvalue weighted by molar-refractivity contribution is -0.182. The first kappa shape index (κ1) is 25.7. The van der Waals surface area contributed by atoms with Crippen LogP contribution in [0.1, 0.15) is 45.6 Å². The summed E-state index contributed by atoms with van der Waals surface area (Å²) in [6.07, 6.45) is -0.00242. The predicted molar refractivity (Wildman–Crippen MR) is 114 cm³/mol. The molecule has 0 spiro atoms. The van der Waals surface area contributed by atoms with Gasteiger partial charge in [-0.2, -0.15) is 0 Å². The van der Waals surface area contributed by atoms with Crippen molar-refractivity contribution in [1.29, 1.82) is 0 Å². The molecule has 0 fully saturated rings. The minimum Gasteiger partial charge on any atom is -0.456 e. The Balaban J connectivity index is 2.56. The summed E-state index contributed by atoms with van der Waals surface area (Å²) in [4.78, 5) is 57.3. The third-order valence-electron chi connectivity index (χ3n) is 3.79. The molecule has 0 heterocycles. The normalized spacial score (nSPS) is 11.1. The summed E-state index contributed by atoms with van der Waals surface area (Å²) in [6.45, 7) is 3.44. The molecule has 2 N–H and O–H groups in total. The van der Waals surface area contributed by atoms with Crippen LogP contribution in [0.3, 0.4) is 0 Å². The van der Waals surface area contributed by atoms with E-state index in [9.17, 15) is 24.0 Å². The average Bonchev–Trinajstić information content (AvgIpc) is 2.65. The van der Waals surface area contributed by atoms with Gasteiger partial charge < -0.3 is 24.8 Å². The van der Waals surface area contributed by atoms with E-state index in [0.717, 1.165) is 5.56 Å². The number of carbonyl (C=O) groups is 5. The lowest BCUT2D eigenvalue weighted by Gasteiger charge is -2.13. The fourth-order valence-corrected chi connectivity index (χ4v) is 2.52. The first-order valence-corrected chi connectivity index (χ1v) is 9.82. The lowest BCUT2D eigenvalue weighted by Crippen LogP contribution is -2.21. The van der Waals surface area contributed by atoms with Crippen molar-refractivity contribution in [1.82, 2.24) is 0 Å². The molecular weight excluding hydrogens is 407 g/mol. The molecule has 0 saturated heterocycles. The minimum absolute atomic E-state index is 0.00845. The minimum atomic E-state index is -0.981. The van der Waals surface area contributed by atoms with Gasteiger partial charge in [-0.05, 0) is 24.6 Å². The van der Waals surface area contributed by atoms with Gasteiger partial charge in [0.05, 0.1) is 0 Å². The zero-order chi connectivity index (χ0) is 23.4. The predicted octanol–water partition coefficient (Wildman–Crippen LogP) is 0.882. The first-order chi connectivity index (χ1) is 14.6. The molecule has 0 bridgehead atoms. The number of esters is 3. The number of anilines is 2. The van der Waals surface area contributed by atoms with Crippen LogP contribution in [0.15, 0.2) is 18.2 Å². The molecular formula is C20H27BN2O8. The SMILES string of the molecule is BCc1cc(NC(=O)CCCC(=O)OC(C)OC(C)=O)cc(NC(=O)COC(C)=O)c1. The maximum atomic E-state index is 12.2. The molecule has 10 nitrogen and oxygen atoms in total. The Labute approximate surface area is 181 Å². The van der Waals surface area contributed by atoms with Crippen LogP contribution in [0.2, 0.25) is 0 Å². The Kier molecular flexibility index (Phi) is 10.8. The molecule has 1 unspecified atom stereocenters. The Morgan fingerprint density at radius 1 is 0.903 bits per heavy atom. The van der Waals surface area contributed by atoms with Crippen molar-refractivity contribution in [3.63, 3.8) is 0 Å². The molecule has 2 amide bonds. The number of amides is 2. The van der Waals surface area contributed by atoms with E-state index >= 15 is 0 Å². The van der Waals surface area contributed by atoms with Crippen molar-refractivity contribution in [2.24, 2.45) is 0 Å². The smallest absolute Gasteiger partial charge is 0.308 e. The molecule has 0 radical (unpaired) electrons. The summed E-state index contributed by atoms with van der Waals surface area (Å²) in [5, 5.41) is 5.33. The van der Waals surface area contributed by atoms with Gasteiger partial charge >= 0.3 is 17.9 Å². The fourth-order valence-electron chi connectivity index (χ4n) is 2.52. The van der Waals surface area contributed by atoms with E-state index in [-0.39, 0.29) is 25.2 Å². The number of benzene rings is 1. The molecule has 0 saturated carbocycles. The summed E-state index contributed by atoms with van der Waals surface area (Å²) in [7, 11) is 1.92. The van der Waals surface area contributed by atoms with E-state index in [1.807, 2.05) is 7.85 Å². The molecule has 0 aromatic heterocycles. The third-order valence-corrected chi connectivity index (χ3v) is 3.79. The second-order valence-corrected chi connectivity index (χ2v) is 6.67. The van der Waals surface area contributed by atoms with Gasteiger partial charge in [-0.3, -0.25) is 24.0 Å². The van der Waals surface area contributed by atoms with Crippen LogP contribution in [0, 0.1) is 0 Å². The van der Waals surface area contributed by atoms with E-state index in [1.54, 1.807) is 18.2 Å². The van der Waals surface area contributed by atoms with Gasteiger partial charge in [0.25, 0.3) is 5.91 Å². The molecule has 0 aliphatic carbocycles. The number of ether oxygens (including phenoxy) is 3. The average molecular weight is 434 g/mol. The van der Waals surface area contributed by atoms with E-state index < -0.39 is 36.7 Å². The van der Waals surface area contributed by atoms with Crippen molar-refractivity contribution >= 4 is 48.9 Å². The van der Waals surface area contributed by atoms with Crippen LogP contribution in [-0.2, 0) is 44.5 Å². The van der Waals surface area contributed by atoms with E-state index in [1.165, 1.54) is 20.8 Å². The Bertz CT molecular complexity index is 827. The maximum absolute atomic E-state index is 12.2. The summed E-state index contributed by atoms with van der Waals surface area (Å²) in [5.74, 6) is -2.51. The van der Waals surface area contributed by atoms with Crippen LogP contribution in [-0.4, -0.2) is 50.5 Å². The second-order valence-electron chi connectivity index (χ2n) is 6.67. The third kappa shape index (κ3) is 11.4. The monoisotopic (exact) mass is 434 g/mol. The van der Waals surface area contributed by atoms with Gasteiger partial charge in [0, 0.05) is 45.0 Å². The largest absolute Gasteiger partial charge is 0.456 e. The Hall–Kier alpha value is -3.37. The zero-order valence-corrected chi connectivity index (χ0v) is 18.1.